The van der Waals surface area contributed by atoms with Gasteiger partial charge in [0.2, 0.25) is 5.91 Å². The van der Waals surface area contributed by atoms with Gasteiger partial charge in [-0.05, 0) is 48.7 Å². The molecule has 0 aromatic heterocycles. The predicted molar refractivity (Wildman–Crippen MR) is 106 cm³/mol. The van der Waals surface area contributed by atoms with Gasteiger partial charge in [-0.3, -0.25) is 9.59 Å². The molecule has 0 bridgehead atoms. The van der Waals surface area contributed by atoms with Gasteiger partial charge in [0.05, 0.1) is 14.2 Å². The summed E-state index contributed by atoms with van der Waals surface area (Å²) in [6.45, 7) is 0.297. The fourth-order valence-electron chi connectivity index (χ4n) is 2.66. The molecule has 6 nitrogen and oxygen atoms in total. The molecule has 0 aliphatic heterocycles. The molecule has 0 heterocycles. The van der Waals surface area contributed by atoms with E-state index in [-0.39, 0.29) is 17.9 Å². The van der Waals surface area contributed by atoms with Gasteiger partial charge in [0.15, 0.2) is 0 Å². The van der Waals surface area contributed by atoms with E-state index in [9.17, 15) is 22.8 Å². The molecule has 0 unspecified atom stereocenters. The fourth-order valence-corrected chi connectivity index (χ4v) is 2.66. The van der Waals surface area contributed by atoms with Crippen molar-refractivity contribution in [2.24, 2.45) is 0 Å². The smallest absolute Gasteiger partial charge is 0.405 e. The first-order valence-electron chi connectivity index (χ1n) is 9.08. The number of methoxy groups -OCH3 is 2. The lowest BCUT2D eigenvalue weighted by Gasteiger charge is -2.12. The lowest BCUT2D eigenvalue weighted by atomic mass is 10.1. The van der Waals surface area contributed by atoms with Gasteiger partial charge in [-0.2, -0.15) is 13.2 Å². The summed E-state index contributed by atoms with van der Waals surface area (Å²) in [5, 5.41) is 4.51. The standard InChI is InChI=1S/C21H23F3N2O4/c1-13-4-6-15(20(28)25-12-21(22,23)24)10-18(13)26-19(27)7-5-14-8-16(29-2)11-17(9-14)30-3/h4,6,8-11H,5,7,12H2,1-3H3,(H,25,28)(H,26,27). The number of amides is 2. The number of halogens is 3. The monoisotopic (exact) mass is 424 g/mol. The van der Waals surface area contributed by atoms with Crippen molar-refractivity contribution in [3.8, 4) is 11.5 Å². The van der Waals surface area contributed by atoms with Gasteiger partial charge in [0.25, 0.3) is 5.91 Å². The molecule has 0 radical (unpaired) electrons. The number of benzene rings is 2. The van der Waals surface area contributed by atoms with Crippen LogP contribution in [0.15, 0.2) is 36.4 Å². The van der Waals surface area contributed by atoms with Crippen molar-refractivity contribution in [3.63, 3.8) is 0 Å². The molecule has 0 spiro atoms. The molecular weight excluding hydrogens is 401 g/mol. The van der Waals surface area contributed by atoms with Crippen LogP contribution in [-0.2, 0) is 11.2 Å². The van der Waals surface area contributed by atoms with Crippen molar-refractivity contribution in [1.29, 1.82) is 0 Å². The van der Waals surface area contributed by atoms with E-state index in [0.29, 0.717) is 29.2 Å². The summed E-state index contributed by atoms with van der Waals surface area (Å²) in [4.78, 5) is 24.3. The summed E-state index contributed by atoms with van der Waals surface area (Å²) < 4.78 is 47.2. The van der Waals surface area contributed by atoms with Crippen LogP contribution in [0.2, 0.25) is 0 Å². The lowest BCUT2D eigenvalue weighted by Crippen LogP contribution is -2.33. The molecule has 2 aromatic carbocycles. The molecule has 0 saturated carbocycles. The highest BCUT2D eigenvalue weighted by molar-refractivity contribution is 5.97. The molecule has 0 aliphatic rings. The second-order valence-corrected chi connectivity index (χ2v) is 6.60. The van der Waals surface area contributed by atoms with Crippen LogP contribution in [0.4, 0.5) is 18.9 Å². The zero-order chi connectivity index (χ0) is 22.3. The maximum atomic E-state index is 12.4. The number of nitrogens with one attached hydrogen (secondary N) is 2. The third-order valence-corrected chi connectivity index (χ3v) is 4.28. The number of alkyl halides is 3. The van der Waals surface area contributed by atoms with Gasteiger partial charge in [0.1, 0.15) is 18.0 Å². The van der Waals surface area contributed by atoms with E-state index in [0.717, 1.165) is 5.56 Å². The fraction of sp³-hybridized carbons (Fsp3) is 0.333. The first-order chi connectivity index (χ1) is 14.1. The summed E-state index contributed by atoms with van der Waals surface area (Å²) in [5.41, 5.74) is 1.91. The van der Waals surface area contributed by atoms with Gasteiger partial charge in [-0.25, -0.2) is 0 Å². The highest BCUT2D eigenvalue weighted by atomic mass is 19.4. The van der Waals surface area contributed by atoms with Gasteiger partial charge in [-0.15, -0.1) is 0 Å². The van der Waals surface area contributed by atoms with Crippen molar-refractivity contribution < 1.29 is 32.2 Å². The number of hydrogen-bond donors (Lipinski definition) is 2. The molecule has 2 aromatic rings. The largest absolute Gasteiger partial charge is 0.497 e. The summed E-state index contributed by atoms with van der Waals surface area (Å²) in [7, 11) is 3.07. The molecule has 2 N–H and O–H groups in total. The molecule has 0 atom stereocenters. The van der Waals surface area contributed by atoms with Gasteiger partial charge >= 0.3 is 6.18 Å². The zero-order valence-corrected chi connectivity index (χ0v) is 16.9. The first-order valence-corrected chi connectivity index (χ1v) is 9.08. The summed E-state index contributed by atoms with van der Waals surface area (Å²) in [6, 6.07) is 9.64. The van der Waals surface area contributed by atoms with Crippen LogP contribution in [0.25, 0.3) is 0 Å². The van der Waals surface area contributed by atoms with Crippen molar-refractivity contribution >= 4 is 17.5 Å². The predicted octanol–water partition coefficient (Wildman–Crippen LogP) is 3.88. The summed E-state index contributed by atoms with van der Waals surface area (Å²) in [6.07, 6.45) is -3.93. The Morgan fingerprint density at radius 3 is 2.20 bits per heavy atom. The molecule has 30 heavy (non-hydrogen) atoms. The number of carbonyl (C=O) groups excluding carboxylic acids is 2. The Hall–Kier alpha value is -3.23. The number of anilines is 1. The Labute approximate surface area is 172 Å². The Morgan fingerprint density at radius 2 is 1.63 bits per heavy atom. The van der Waals surface area contributed by atoms with E-state index >= 15 is 0 Å². The van der Waals surface area contributed by atoms with Crippen LogP contribution in [-0.4, -0.2) is 38.8 Å². The van der Waals surface area contributed by atoms with E-state index in [2.05, 4.69) is 5.32 Å². The van der Waals surface area contributed by atoms with Gasteiger partial charge in [0, 0.05) is 23.7 Å². The topological polar surface area (TPSA) is 76.7 Å². The van der Waals surface area contributed by atoms with Crippen molar-refractivity contribution in [2.45, 2.75) is 25.9 Å². The number of rotatable bonds is 8. The first kappa shape index (κ1) is 23.1. The van der Waals surface area contributed by atoms with Crippen LogP contribution in [0, 0.1) is 6.92 Å². The maximum Gasteiger partial charge on any atom is 0.405 e. The lowest BCUT2D eigenvalue weighted by molar-refractivity contribution is -0.123. The molecule has 0 aliphatic carbocycles. The molecular formula is C21H23F3N2O4. The zero-order valence-electron chi connectivity index (χ0n) is 16.9. The highest BCUT2D eigenvalue weighted by Gasteiger charge is 2.28. The summed E-state index contributed by atoms with van der Waals surface area (Å²) in [5.74, 6) is 0.0513. The van der Waals surface area contributed by atoms with Crippen LogP contribution in [0.5, 0.6) is 11.5 Å². The van der Waals surface area contributed by atoms with Crippen LogP contribution >= 0.6 is 0 Å². The van der Waals surface area contributed by atoms with E-state index in [4.69, 9.17) is 9.47 Å². The van der Waals surface area contributed by atoms with E-state index < -0.39 is 18.6 Å². The highest BCUT2D eigenvalue weighted by Crippen LogP contribution is 2.24. The number of hydrogen-bond acceptors (Lipinski definition) is 4. The normalized spacial score (nSPS) is 11.0. The van der Waals surface area contributed by atoms with Gasteiger partial charge < -0.3 is 20.1 Å². The van der Waals surface area contributed by atoms with Gasteiger partial charge in [-0.1, -0.05) is 6.07 Å². The molecule has 0 fully saturated rings. The van der Waals surface area contributed by atoms with Crippen LogP contribution in [0.3, 0.4) is 0 Å². The Balaban J connectivity index is 2.02. The number of carbonyl (C=O) groups is 2. The molecule has 162 valence electrons. The van der Waals surface area contributed by atoms with E-state index in [1.807, 2.05) is 0 Å². The van der Waals surface area contributed by atoms with Crippen LogP contribution in [0.1, 0.15) is 27.9 Å². The minimum atomic E-state index is -4.50. The second-order valence-electron chi connectivity index (χ2n) is 6.60. The Kier molecular flexibility index (Phi) is 7.68. The molecule has 2 rings (SSSR count). The quantitative estimate of drug-likeness (QED) is 0.675. The van der Waals surface area contributed by atoms with Crippen molar-refractivity contribution in [1.82, 2.24) is 5.32 Å². The Bertz CT molecular complexity index is 891. The maximum absolute atomic E-state index is 12.4. The molecule has 9 heteroatoms. The number of ether oxygens (including phenoxy) is 2. The SMILES string of the molecule is COc1cc(CCC(=O)Nc2cc(C(=O)NCC(F)(F)F)ccc2C)cc(OC)c1. The number of aryl methyl sites for hydroxylation is 2. The Morgan fingerprint density at radius 1 is 1.00 bits per heavy atom. The van der Waals surface area contributed by atoms with Crippen LogP contribution < -0.4 is 20.1 Å². The molecule has 2 amide bonds. The molecule has 0 saturated heterocycles. The average Bonchev–Trinajstić information content (AvgIpc) is 2.71. The van der Waals surface area contributed by atoms with Crippen molar-refractivity contribution in [2.75, 3.05) is 26.1 Å². The minimum Gasteiger partial charge on any atom is -0.497 e. The third-order valence-electron chi connectivity index (χ3n) is 4.28. The second kappa shape index (κ2) is 10.00. The third kappa shape index (κ3) is 6.98. The van der Waals surface area contributed by atoms with Crippen molar-refractivity contribution in [3.05, 3.63) is 53.1 Å². The van der Waals surface area contributed by atoms with E-state index in [1.165, 1.54) is 26.4 Å². The average molecular weight is 424 g/mol. The van der Waals surface area contributed by atoms with E-state index in [1.54, 1.807) is 36.5 Å². The minimum absolute atomic E-state index is 0.0256. The summed E-state index contributed by atoms with van der Waals surface area (Å²) >= 11 is 0.